The summed E-state index contributed by atoms with van der Waals surface area (Å²) in [5.41, 5.74) is 1.45. The van der Waals surface area contributed by atoms with E-state index in [-0.39, 0.29) is 9.79 Å². The first-order valence-electron chi connectivity index (χ1n) is 8.51. The summed E-state index contributed by atoms with van der Waals surface area (Å²) in [6, 6.07) is 9.29. The van der Waals surface area contributed by atoms with Gasteiger partial charge >= 0.3 is 0 Å². The van der Waals surface area contributed by atoms with Gasteiger partial charge in [-0.15, -0.1) is 0 Å². The summed E-state index contributed by atoms with van der Waals surface area (Å²) in [6.07, 6.45) is -2.88. The molecule has 0 aliphatic carbocycles. The molecule has 0 spiro atoms. The van der Waals surface area contributed by atoms with E-state index in [1.165, 1.54) is 18.2 Å². The third kappa shape index (κ3) is 3.59. The molecule has 1 N–H and O–H groups in total. The fraction of sp³-hybridized carbons (Fsp3) is 0.368. The smallest absolute Gasteiger partial charge is 0.267 e. The molecule has 0 bridgehead atoms. The molecule has 1 aliphatic heterocycles. The lowest BCUT2D eigenvalue weighted by Crippen LogP contribution is -2.44. The van der Waals surface area contributed by atoms with Crippen LogP contribution in [0.2, 0.25) is 0 Å². The van der Waals surface area contributed by atoms with E-state index < -0.39 is 21.8 Å². The van der Waals surface area contributed by atoms with Crippen molar-refractivity contribution in [3.63, 3.8) is 0 Å². The summed E-state index contributed by atoms with van der Waals surface area (Å²) >= 11 is 0. The maximum atomic E-state index is 13.9. The molecule has 140 valence electrons. The van der Waals surface area contributed by atoms with Crippen molar-refractivity contribution in [2.75, 3.05) is 31.1 Å². The van der Waals surface area contributed by atoms with Gasteiger partial charge in [0.05, 0.1) is 15.4 Å². The predicted molar refractivity (Wildman–Crippen MR) is 97.8 cm³/mol. The van der Waals surface area contributed by atoms with Gasteiger partial charge in [-0.05, 0) is 49.2 Å². The van der Waals surface area contributed by atoms with E-state index in [2.05, 4.69) is 5.32 Å². The van der Waals surface area contributed by atoms with E-state index in [1.807, 2.05) is 11.0 Å². The maximum absolute atomic E-state index is 13.9. The average Bonchev–Trinajstić information content (AvgIpc) is 2.61. The van der Waals surface area contributed by atoms with Crippen LogP contribution in [-0.2, 0) is 9.84 Å². The zero-order chi connectivity index (χ0) is 18.9. The molecule has 0 amide bonds. The lowest BCUT2D eigenvalue weighted by Gasteiger charge is -2.31. The Morgan fingerprint density at radius 3 is 2.23 bits per heavy atom. The summed E-state index contributed by atoms with van der Waals surface area (Å²) in [5.74, 6) is 0. The number of halogens is 2. The van der Waals surface area contributed by atoms with Crippen molar-refractivity contribution in [2.24, 2.45) is 0 Å². The first-order valence-corrected chi connectivity index (χ1v) is 9.99. The van der Waals surface area contributed by atoms with Crippen molar-refractivity contribution < 1.29 is 17.2 Å². The number of alkyl halides is 2. The number of aryl methyl sites for hydroxylation is 2. The second kappa shape index (κ2) is 7.32. The van der Waals surface area contributed by atoms with Gasteiger partial charge in [0.25, 0.3) is 6.43 Å². The van der Waals surface area contributed by atoms with E-state index >= 15 is 0 Å². The van der Waals surface area contributed by atoms with Crippen molar-refractivity contribution in [3.8, 4) is 0 Å². The first-order chi connectivity index (χ1) is 12.3. The number of benzene rings is 2. The Morgan fingerprint density at radius 2 is 1.65 bits per heavy atom. The number of sulfone groups is 1. The van der Waals surface area contributed by atoms with E-state index in [1.54, 1.807) is 26.0 Å². The Morgan fingerprint density at radius 1 is 1.04 bits per heavy atom. The van der Waals surface area contributed by atoms with Crippen LogP contribution in [0.5, 0.6) is 0 Å². The van der Waals surface area contributed by atoms with Crippen LogP contribution in [0, 0.1) is 13.8 Å². The van der Waals surface area contributed by atoms with E-state index in [4.69, 9.17) is 0 Å². The Hall–Kier alpha value is -1.99. The van der Waals surface area contributed by atoms with Crippen molar-refractivity contribution >= 4 is 15.5 Å². The molecule has 0 atom stereocenters. The Bertz CT molecular complexity index is 888. The normalized spacial score (nSPS) is 15.5. The fourth-order valence-electron chi connectivity index (χ4n) is 3.38. The number of hydrogen-bond donors (Lipinski definition) is 1. The Balaban J connectivity index is 2.17. The molecule has 2 aromatic carbocycles. The molecule has 4 nitrogen and oxygen atoms in total. The molecule has 0 unspecified atom stereocenters. The Kier molecular flexibility index (Phi) is 5.29. The van der Waals surface area contributed by atoms with Gasteiger partial charge in [0, 0.05) is 31.9 Å². The molecular weight excluding hydrogens is 358 g/mol. The largest absolute Gasteiger partial charge is 0.369 e. The molecular formula is C19H22F2N2O2S. The quantitative estimate of drug-likeness (QED) is 0.882. The summed E-state index contributed by atoms with van der Waals surface area (Å²) in [7, 11) is -4.04. The molecule has 0 aromatic heterocycles. The second-order valence-corrected chi connectivity index (χ2v) is 8.47. The first kappa shape index (κ1) is 18.8. The molecule has 7 heteroatoms. The monoisotopic (exact) mass is 380 g/mol. The van der Waals surface area contributed by atoms with Gasteiger partial charge in [-0.3, -0.25) is 0 Å². The fourth-order valence-corrected chi connectivity index (χ4v) is 5.06. The molecule has 1 saturated heterocycles. The van der Waals surface area contributed by atoms with Gasteiger partial charge in [0.2, 0.25) is 9.84 Å². The minimum Gasteiger partial charge on any atom is -0.369 e. The standard InChI is InChI=1S/C19H22F2N2O2S/c1-13-10-14(2)12-15(11-13)26(24,25)17-5-3-4-16(18(17)19(20)21)23-8-6-22-7-9-23/h3-5,10-12,19,22H,6-9H2,1-2H3. The zero-order valence-electron chi connectivity index (χ0n) is 14.8. The van der Waals surface area contributed by atoms with Gasteiger partial charge < -0.3 is 10.2 Å². The number of anilines is 1. The molecule has 0 radical (unpaired) electrons. The van der Waals surface area contributed by atoms with Crippen molar-refractivity contribution in [2.45, 2.75) is 30.1 Å². The molecule has 1 heterocycles. The van der Waals surface area contributed by atoms with Gasteiger partial charge in [-0.1, -0.05) is 12.1 Å². The number of rotatable bonds is 4. The summed E-state index contributed by atoms with van der Waals surface area (Å²) < 4.78 is 54.2. The average molecular weight is 380 g/mol. The van der Waals surface area contributed by atoms with Crippen molar-refractivity contribution in [3.05, 3.63) is 53.1 Å². The number of nitrogens with zero attached hydrogens (tertiary/aromatic N) is 1. The molecule has 26 heavy (non-hydrogen) atoms. The van der Waals surface area contributed by atoms with Crippen LogP contribution < -0.4 is 10.2 Å². The minimum atomic E-state index is -4.04. The maximum Gasteiger partial charge on any atom is 0.267 e. The summed E-state index contributed by atoms with van der Waals surface area (Å²) in [5, 5.41) is 3.17. The molecule has 1 fully saturated rings. The number of nitrogens with one attached hydrogen (secondary N) is 1. The minimum absolute atomic E-state index is 0.0503. The van der Waals surface area contributed by atoms with Crippen molar-refractivity contribution in [1.82, 2.24) is 5.32 Å². The second-order valence-electron chi connectivity index (χ2n) is 6.55. The highest BCUT2D eigenvalue weighted by Crippen LogP contribution is 2.38. The molecule has 2 aromatic rings. The topological polar surface area (TPSA) is 49.4 Å². The summed E-state index contributed by atoms with van der Waals surface area (Å²) in [4.78, 5) is 1.56. The van der Waals surface area contributed by atoms with Crippen molar-refractivity contribution in [1.29, 1.82) is 0 Å². The van der Waals surface area contributed by atoms with Crippen LogP contribution in [0.1, 0.15) is 23.1 Å². The highest BCUT2D eigenvalue weighted by Gasteiger charge is 2.30. The van der Waals surface area contributed by atoms with Gasteiger partial charge in [0.1, 0.15) is 0 Å². The highest BCUT2D eigenvalue weighted by atomic mass is 32.2. The van der Waals surface area contributed by atoms with Crippen LogP contribution in [0.3, 0.4) is 0 Å². The lowest BCUT2D eigenvalue weighted by molar-refractivity contribution is 0.148. The van der Waals surface area contributed by atoms with Gasteiger partial charge in [-0.2, -0.15) is 0 Å². The molecule has 1 aliphatic rings. The third-order valence-electron chi connectivity index (χ3n) is 4.51. The van der Waals surface area contributed by atoms with Crippen LogP contribution in [0.15, 0.2) is 46.2 Å². The molecule has 3 rings (SSSR count). The van der Waals surface area contributed by atoms with Gasteiger partial charge in [0.15, 0.2) is 0 Å². The highest BCUT2D eigenvalue weighted by molar-refractivity contribution is 7.91. The third-order valence-corrected chi connectivity index (χ3v) is 6.31. The lowest BCUT2D eigenvalue weighted by atomic mass is 10.1. The predicted octanol–water partition coefficient (Wildman–Crippen LogP) is 3.48. The number of piperazine rings is 1. The van der Waals surface area contributed by atoms with Crippen LogP contribution >= 0.6 is 0 Å². The Labute approximate surface area is 152 Å². The van der Waals surface area contributed by atoms with Crippen LogP contribution in [-0.4, -0.2) is 34.6 Å². The summed E-state index contributed by atoms with van der Waals surface area (Å²) in [6.45, 7) is 6.06. The molecule has 0 saturated carbocycles. The van der Waals surface area contributed by atoms with E-state index in [0.29, 0.717) is 31.9 Å². The SMILES string of the molecule is Cc1cc(C)cc(S(=O)(=O)c2cccc(N3CCNCC3)c2C(F)F)c1. The van der Waals surface area contributed by atoms with E-state index in [0.717, 1.165) is 11.1 Å². The number of hydrogen-bond acceptors (Lipinski definition) is 4. The zero-order valence-corrected chi connectivity index (χ0v) is 15.6. The van der Waals surface area contributed by atoms with Gasteiger partial charge in [-0.25, -0.2) is 17.2 Å². The van der Waals surface area contributed by atoms with Crippen LogP contribution in [0.4, 0.5) is 14.5 Å². The van der Waals surface area contributed by atoms with E-state index in [9.17, 15) is 17.2 Å². The van der Waals surface area contributed by atoms with Crippen LogP contribution in [0.25, 0.3) is 0 Å².